The lowest BCUT2D eigenvalue weighted by Crippen LogP contribution is -2.42. The van der Waals surface area contributed by atoms with Gasteiger partial charge in [0.15, 0.2) is 0 Å². The van der Waals surface area contributed by atoms with Gasteiger partial charge in [-0.15, -0.1) is 11.3 Å². The third-order valence-electron chi connectivity index (χ3n) is 6.18. The Morgan fingerprint density at radius 1 is 1.23 bits per heavy atom. The van der Waals surface area contributed by atoms with Crippen LogP contribution in [0.1, 0.15) is 65.9 Å². The Morgan fingerprint density at radius 3 is 2.84 bits per heavy atom. The molecule has 1 atom stereocenters. The molecule has 0 saturated carbocycles. The summed E-state index contributed by atoms with van der Waals surface area (Å²) in [6.45, 7) is 4.33. The molecule has 2 aromatic rings. The van der Waals surface area contributed by atoms with Crippen molar-refractivity contribution in [3.63, 3.8) is 0 Å². The van der Waals surface area contributed by atoms with E-state index in [0.29, 0.717) is 17.2 Å². The molecule has 1 aromatic heterocycles. The number of benzene rings is 1. The number of hydrogen-bond acceptors (Lipinski definition) is 5. The number of hydrogen-bond donors (Lipinski definition) is 1. The van der Waals surface area contributed by atoms with Gasteiger partial charge in [0.1, 0.15) is 10.8 Å². The molecule has 1 aliphatic carbocycles. The van der Waals surface area contributed by atoms with E-state index < -0.39 is 0 Å². The Bertz CT molecular complexity index is 987. The molecule has 31 heavy (non-hydrogen) atoms. The lowest BCUT2D eigenvalue weighted by Gasteiger charge is -2.36. The highest BCUT2D eigenvalue weighted by Crippen LogP contribution is 2.38. The number of amides is 1. The first-order valence-electron chi connectivity index (χ1n) is 11.1. The minimum Gasteiger partial charge on any atom is -0.462 e. The van der Waals surface area contributed by atoms with Crippen LogP contribution in [0.2, 0.25) is 0 Å². The summed E-state index contributed by atoms with van der Waals surface area (Å²) in [7, 11) is 0. The summed E-state index contributed by atoms with van der Waals surface area (Å²) in [4.78, 5) is 29.0. The molecule has 166 valence electrons. The van der Waals surface area contributed by atoms with Gasteiger partial charge in [0.25, 0.3) is 0 Å². The van der Waals surface area contributed by atoms with Gasteiger partial charge in [0.2, 0.25) is 5.91 Å². The molecule has 4 rings (SSSR count). The Labute approximate surface area is 186 Å². The average molecular weight is 445 g/mol. The van der Waals surface area contributed by atoms with E-state index in [1.165, 1.54) is 22.3 Å². The number of esters is 1. The van der Waals surface area contributed by atoms with Crippen molar-refractivity contribution in [1.29, 1.82) is 0 Å². The molecule has 2 aliphatic rings. The normalized spacial score (nSPS) is 18.0. The highest BCUT2D eigenvalue weighted by molar-refractivity contribution is 7.17. The molecule has 0 radical (unpaired) electrons. The molecular formula is C24H29FN2O3S. The van der Waals surface area contributed by atoms with Gasteiger partial charge in [-0.1, -0.05) is 6.42 Å². The van der Waals surface area contributed by atoms with Crippen LogP contribution in [0.15, 0.2) is 18.2 Å². The standard InChI is InChI=1S/C24H29FN2O3S/c1-3-30-24(29)22-18-7-5-4-6-8-20(18)31-23(22)26-21(28)14-27-15(2)9-10-16-13-17(25)11-12-19(16)27/h11-13,15H,3-10,14H2,1-2H3,(H,26,28). The second-order valence-corrected chi connectivity index (χ2v) is 9.43. The number of halogens is 1. The summed E-state index contributed by atoms with van der Waals surface area (Å²) in [6, 6.07) is 4.93. The summed E-state index contributed by atoms with van der Waals surface area (Å²) < 4.78 is 19.0. The fourth-order valence-electron chi connectivity index (χ4n) is 4.60. The van der Waals surface area contributed by atoms with Crippen LogP contribution >= 0.6 is 11.3 Å². The van der Waals surface area contributed by atoms with E-state index in [-0.39, 0.29) is 30.3 Å². The maximum absolute atomic E-state index is 13.7. The first-order chi connectivity index (χ1) is 15.0. The van der Waals surface area contributed by atoms with Crippen LogP contribution in [0, 0.1) is 5.82 Å². The fourth-order valence-corrected chi connectivity index (χ4v) is 5.90. The molecular weight excluding hydrogens is 415 g/mol. The van der Waals surface area contributed by atoms with Crippen molar-refractivity contribution in [3.8, 4) is 0 Å². The Hall–Kier alpha value is -2.41. The summed E-state index contributed by atoms with van der Waals surface area (Å²) in [5.74, 6) is -0.785. The minimum atomic E-state index is -0.357. The van der Waals surface area contributed by atoms with Gasteiger partial charge in [0.05, 0.1) is 18.7 Å². The van der Waals surface area contributed by atoms with Crippen molar-refractivity contribution in [1.82, 2.24) is 0 Å². The molecule has 0 fully saturated rings. The van der Waals surface area contributed by atoms with Crippen LogP contribution in [-0.2, 0) is 28.8 Å². The number of rotatable bonds is 5. The second kappa shape index (κ2) is 9.39. The molecule has 7 heteroatoms. The van der Waals surface area contributed by atoms with Crippen LogP contribution in [0.4, 0.5) is 15.1 Å². The van der Waals surface area contributed by atoms with E-state index in [0.717, 1.165) is 61.8 Å². The Kier molecular flexibility index (Phi) is 6.60. The van der Waals surface area contributed by atoms with Gasteiger partial charge in [-0.3, -0.25) is 4.79 Å². The predicted molar refractivity (Wildman–Crippen MR) is 122 cm³/mol. The predicted octanol–water partition coefficient (Wildman–Crippen LogP) is 5.11. The van der Waals surface area contributed by atoms with Crippen molar-refractivity contribution < 1.29 is 18.7 Å². The highest BCUT2D eigenvalue weighted by atomic mass is 32.1. The van der Waals surface area contributed by atoms with E-state index in [1.807, 2.05) is 4.90 Å². The van der Waals surface area contributed by atoms with Crippen molar-refractivity contribution in [3.05, 3.63) is 45.6 Å². The molecule has 0 saturated heterocycles. The smallest absolute Gasteiger partial charge is 0.341 e. The minimum absolute atomic E-state index is 0.157. The lowest BCUT2D eigenvalue weighted by molar-refractivity contribution is -0.115. The lowest BCUT2D eigenvalue weighted by atomic mass is 9.96. The molecule has 0 bridgehead atoms. The zero-order valence-corrected chi connectivity index (χ0v) is 18.9. The maximum Gasteiger partial charge on any atom is 0.341 e. The molecule has 2 heterocycles. The third-order valence-corrected chi connectivity index (χ3v) is 7.39. The van der Waals surface area contributed by atoms with Crippen molar-refractivity contribution in [2.75, 3.05) is 23.4 Å². The molecule has 1 unspecified atom stereocenters. The first kappa shape index (κ1) is 21.8. The van der Waals surface area contributed by atoms with E-state index in [9.17, 15) is 14.0 Å². The summed E-state index contributed by atoms with van der Waals surface area (Å²) in [5, 5.41) is 3.60. The SMILES string of the molecule is CCOC(=O)c1c(NC(=O)CN2c3ccc(F)cc3CCC2C)sc2c1CCCCC2. The molecule has 1 aromatic carbocycles. The molecule has 0 spiro atoms. The van der Waals surface area contributed by atoms with Gasteiger partial charge in [0, 0.05) is 16.6 Å². The third kappa shape index (κ3) is 4.61. The second-order valence-electron chi connectivity index (χ2n) is 8.33. The molecule has 1 N–H and O–H groups in total. The topological polar surface area (TPSA) is 58.6 Å². The summed E-state index contributed by atoms with van der Waals surface area (Å²) >= 11 is 1.51. The Morgan fingerprint density at radius 2 is 2.03 bits per heavy atom. The summed E-state index contributed by atoms with van der Waals surface area (Å²) in [5.41, 5.74) is 3.42. The average Bonchev–Trinajstić information content (AvgIpc) is 2.90. The number of nitrogens with one attached hydrogen (secondary N) is 1. The number of ether oxygens (including phenoxy) is 1. The largest absolute Gasteiger partial charge is 0.462 e. The van der Waals surface area contributed by atoms with Crippen molar-refractivity contribution in [2.45, 2.75) is 64.8 Å². The van der Waals surface area contributed by atoms with E-state index in [2.05, 4.69) is 12.2 Å². The van der Waals surface area contributed by atoms with Crippen molar-refractivity contribution in [2.24, 2.45) is 0 Å². The first-order valence-corrected chi connectivity index (χ1v) is 12.0. The number of anilines is 2. The monoisotopic (exact) mass is 444 g/mol. The highest BCUT2D eigenvalue weighted by Gasteiger charge is 2.29. The van der Waals surface area contributed by atoms with Gasteiger partial charge in [-0.05, 0) is 81.7 Å². The van der Waals surface area contributed by atoms with Gasteiger partial charge >= 0.3 is 5.97 Å². The van der Waals surface area contributed by atoms with Gasteiger partial charge < -0.3 is 15.0 Å². The zero-order chi connectivity index (χ0) is 22.0. The Balaban J connectivity index is 1.57. The maximum atomic E-state index is 13.7. The molecule has 1 aliphatic heterocycles. The van der Waals surface area contributed by atoms with E-state index >= 15 is 0 Å². The van der Waals surface area contributed by atoms with E-state index in [1.54, 1.807) is 19.1 Å². The van der Waals surface area contributed by atoms with E-state index in [4.69, 9.17) is 4.74 Å². The van der Waals surface area contributed by atoms with Gasteiger partial charge in [-0.2, -0.15) is 0 Å². The van der Waals surface area contributed by atoms with Crippen LogP contribution in [-0.4, -0.2) is 31.1 Å². The van der Waals surface area contributed by atoms with Crippen LogP contribution in [0.25, 0.3) is 0 Å². The van der Waals surface area contributed by atoms with Gasteiger partial charge in [-0.25, -0.2) is 9.18 Å². The molecule has 1 amide bonds. The summed E-state index contributed by atoms with van der Waals surface area (Å²) in [6.07, 6.45) is 6.74. The number of carbonyl (C=O) groups is 2. The van der Waals surface area contributed by atoms with Crippen LogP contribution < -0.4 is 10.2 Å². The number of fused-ring (bicyclic) bond motifs is 2. The zero-order valence-electron chi connectivity index (χ0n) is 18.1. The number of carbonyl (C=O) groups excluding carboxylic acids is 2. The number of nitrogens with zero attached hydrogens (tertiary/aromatic N) is 1. The number of thiophene rings is 1. The van der Waals surface area contributed by atoms with Crippen LogP contribution in [0.3, 0.4) is 0 Å². The number of aryl methyl sites for hydroxylation is 2. The molecule has 5 nitrogen and oxygen atoms in total. The van der Waals surface area contributed by atoms with Crippen LogP contribution in [0.5, 0.6) is 0 Å². The fraction of sp³-hybridized carbons (Fsp3) is 0.500. The quantitative estimate of drug-likeness (QED) is 0.514. The van der Waals surface area contributed by atoms with Crippen molar-refractivity contribution >= 4 is 33.9 Å².